The highest BCUT2D eigenvalue weighted by Gasteiger charge is 2.34. The number of esters is 1. The molecule has 0 saturated carbocycles. The average molecular weight is 488 g/mol. The van der Waals surface area contributed by atoms with Crippen molar-refractivity contribution in [2.24, 2.45) is 0 Å². The summed E-state index contributed by atoms with van der Waals surface area (Å²) in [5.41, 5.74) is 3.18. The number of nitrogens with zero attached hydrogens (tertiary/aromatic N) is 1. The number of ether oxygens (including phenoxy) is 1. The molecule has 33 heavy (non-hydrogen) atoms. The highest BCUT2D eigenvalue weighted by molar-refractivity contribution is 6.30. The fourth-order valence-electron chi connectivity index (χ4n) is 4.06. The van der Waals surface area contributed by atoms with Crippen molar-refractivity contribution in [3.63, 3.8) is 0 Å². The molecule has 0 amide bonds. The first-order chi connectivity index (χ1) is 15.9. The molecule has 0 N–H and O–H groups in total. The van der Waals surface area contributed by atoms with Gasteiger partial charge >= 0.3 is 5.97 Å². The Morgan fingerprint density at radius 2 is 1.39 bits per heavy atom. The van der Waals surface area contributed by atoms with E-state index in [1.807, 2.05) is 48.5 Å². The molecule has 1 saturated heterocycles. The topological polar surface area (TPSA) is 29.5 Å². The number of halogens is 4. The first-order valence-corrected chi connectivity index (χ1v) is 11.2. The van der Waals surface area contributed by atoms with Gasteiger partial charge in [0.2, 0.25) is 0 Å². The third-order valence-electron chi connectivity index (χ3n) is 5.51. The van der Waals surface area contributed by atoms with Crippen LogP contribution in [0.5, 0.6) is 0 Å². The molecule has 170 valence electrons. The fourth-order valence-corrected chi connectivity index (χ4v) is 4.31. The van der Waals surface area contributed by atoms with Crippen molar-refractivity contribution in [3.8, 4) is 0 Å². The zero-order chi connectivity index (χ0) is 23.5. The molecule has 0 bridgehead atoms. The molecule has 1 heterocycles. The summed E-state index contributed by atoms with van der Waals surface area (Å²) in [6.45, 7) is 2.72. The molecule has 0 aliphatic carbocycles. The van der Waals surface area contributed by atoms with Crippen LogP contribution in [-0.2, 0) is 9.53 Å². The van der Waals surface area contributed by atoms with Crippen molar-refractivity contribution in [1.29, 1.82) is 0 Å². The zero-order valence-corrected chi connectivity index (χ0v) is 19.3. The van der Waals surface area contributed by atoms with E-state index in [-0.39, 0.29) is 23.8 Å². The maximum atomic E-state index is 13.9. The highest BCUT2D eigenvalue weighted by Crippen LogP contribution is 2.38. The lowest BCUT2D eigenvalue weighted by atomic mass is 9.89. The predicted octanol–water partition coefficient (Wildman–Crippen LogP) is 6.69. The summed E-state index contributed by atoms with van der Waals surface area (Å²) in [5, 5.41) is 1.27. The van der Waals surface area contributed by atoms with Crippen LogP contribution in [0.15, 0.2) is 72.3 Å². The Balaban J connectivity index is 1.71. The van der Waals surface area contributed by atoms with Crippen molar-refractivity contribution < 1.29 is 18.3 Å². The van der Waals surface area contributed by atoms with Crippen LogP contribution in [0.4, 0.5) is 8.78 Å². The Morgan fingerprint density at radius 3 is 1.85 bits per heavy atom. The maximum absolute atomic E-state index is 13.9. The normalized spacial score (nSPS) is 13.7. The van der Waals surface area contributed by atoms with E-state index in [4.69, 9.17) is 27.9 Å². The van der Waals surface area contributed by atoms with E-state index in [1.165, 1.54) is 0 Å². The fraction of sp³-hybridized carbons (Fsp3) is 0.192. The van der Waals surface area contributed by atoms with Crippen LogP contribution >= 0.6 is 23.2 Å². The van der Waals surface area contributed by atoms with Crippen molar-refractivity contribution in [2.45, 2.75) is 13.0 Å². The van der Waals surface area contributed by atoms with Crippen LogP contribution in [0.3, 0.4) is 0 Å². The van der Waals surface area contributed by atoms with Crippen LogP contribution < -0.4 is 0 Å². The summed E-state index contributed by atoms with van der Waals surface area (Å²) in [4.78, 5) is 14.9. The number of carbonyl (C=O) groups excluding carboxylic acids is 1. The first-order valence-electron chi connectivity index (χ1n) is 10.5. The van der Waals surface area contributed by atoms with E-state index >= 15 is 0 Å². The summed E-state index contributed by atoms with van der Waals surface area (Å²) < 4.78 is 33.0. The molecule has 1 aliphatic heterocycles. The lowest BCUT2D eigenvalue weighted by Crippen LogP contribution is -2.44. The van der Waals surface area contributed by atoms with Crippen molar-refractivity contribution in [3.05, 3.63) is 111 Å². The van der Waals surface area contributed by atoms with Crippen molar-refractivity contribution in [1.82, 2.24) is 4.90 Å². The molecule has 0 radical (unpaired) electrons. The van der Waals surface area contributed by atoms with Crippen molar-refractivity contribution in [2.75, 3.05) is 19.7 Å². The molecule has 0 atom stereocenters. The maximum Gasteiger partial charge on any atom is 0.338 e. The minimum atomic E-state index is -0.746. The van der Waals surface area contributed by atoms with Gasteiger partial charge in [-0.1, -0.05) is 47.5 Å². The van der Waals surface area contributed by atoms with Gasteiger partial charge in [0, 0.05) is 29.2 Å². The van der Waals surface area contributed by atoms with Gasteiger partial charge in [-0.15, -0.1) is 0 Å². The largest absolute Gasteiger partial charge is 0.462 e. The zero-order valence-electron chi connectivity index (χ0n) is 17.8. The number of carbonyl (C=O) groups is 1. The van der Waals surface area contributed by atoms with Crippen LogP contribution in [0.25, 0.3) is 5.57 Å². The van der Waals surface area contributed by atoms with Crippen LogP contribution in [0, 0.1) is 11.6 Å². The summed E-state index contributed by atoms with van der Waals surface area (Å²) >= 11 is 12.2. The number of benzene rings is 3. The number of likely N-dealkylation sites (tertiary alicyclic amines) is 1. The highest BCUT2D eigenvalue weighted by atomic mass is 35.5. The van der Waals surface area contributed by atoms with Gasteiger partial charge in [-0.2, -0.15) is 0 Å². The molecule has 7 heteroatoms. The van der Waals surface area contributed by atoms with Gasteiger partial charge in [-0.3, -0.25) is 4.90 Å². The Hall–Kier alpha value is -2.73. The molecule has 3 nitrogen and oxygen atoms in total. The van der Waals surface area contributed by atoms with Crippen LogP contribution in [-0.4, -0.2) is 30.6 Å². The molecule has 0 spiro atoms. The van der Waals surface area contributed by atoms with Gasteiger partial charge in [0.1, 0.15) is 11.6 Å². The summed E-state index contributed by atoms with van der Waals surface area (Å²) in [5.74, 6) is -2.08. The average Bonchev–Trinajstić information content (AvgIpc) is 2.74. The van der Waals surface area contributed by atoms with Crippen LogP contribution in [0.2, 0.25) is 10.0 Å². The van der Waals surface area contributed by atoms with Gasteiger partial charge in [0.25, 0.3) is 0 Å². The Bertz CT molecular complexity index is 1120. The number of rotatable bonds is 6. The molecule has 1 fully saturated rings. The van der Waals surface area contributed by atoms with E-state index in [9.17, 15) is 13.6 Å². The molecular formula is C26H21Cl2F2NO2. The lowest BCUT2D eigenvalue weighted by Gasteiger charge is -2.42. The standard InChI is InChI=1S/C26H21Cl2F2NO2/c1-2-33-26(32)24(18-11-22(29)13-23(30)12-18)19-14-31(15-19)25(16-3-7-20(27)8-4-16)17-5-9-21(28)10-6-17/h3-13,25H,2,14-15H2,1H3. The molecule has 3 aromatic carbocycles. The van der Waals surface area contributed by atoms with E-state index in [0.717, 1.165) is 34.9 Å². The third-order valence-corrected chi connectivity index (χ3v) is 6.01. The third kappa shape index (κ3) is 5.27. The second-order valence-electron chi connectivity index (χ2n) is 7.77. The molecule has 1 aliphatic rings. The number of hydrogen-bond donors (Lipinski definition) is 0. The summed E-state index contributed by atoms with van der Waals surface area (Å²) in [6, 6.07) is 18.1. The molecular weight excluding hydrogens is 467 g/mol. The van der Waals surface area contributed by atoms with E-state index < -0.39 is 17.6 Å². The summed E-state index contributed by atoms with van der Waals surface area (Å²) in [7, 11) is 0. The molecule has 0 unspecified atom stereocenters. The monoisotopic (exact) mass is 487 g/mol. The smallest absolute Gasteiger partial charge is 0.338 e. The number of hydrogen-bond acceptors (Lipinski definition) is 3. The Morgan fingerprint density at radius 1 is 0.909 bits per heavy atom. The van der Waals surface area contributed by atoms with Gasteiger partial charge in [0.05, 0.1) is 18.2 Å². The van der Waals surface area contributed by atoms with E-state index in [0.29, 0.717) is 23.1 Å². The van der Waals surface area contributed by atoms with E-state index in [1.54, 1.807) is 6.92 Å². The predicted molar refractivity (Wildman–Crippen MR) is 126 cm³/mol. The van der Waals surface area contributed by atoms with Gasteiger partial charge in [-0.05, 0) is 65.6 Å². The van der Waals surface area contributed by atoms with Gasteiger partial charge in [-0.25, -0.2) is 13.6 Å². The summed E-state index contributed by atoms with van der Waals surface area (Å²) in [6.07, 6.45) is 0. The second kappa shape index (κ2) is 10.0. The molecule has 3 aromatic rings. The van der Waals surface area contributed by atoms with Gasteiger partial charge < -0.3 is 4.74 Å². The lowest BCUT2D eigenvalue weighted by molar-refractivity contribution is -0.136. The minimum Gasteiger partial charge on any atom is -0.462 e. The molecule has 4 rings (SSSR count). The first kappa shape index (κ1) is 23.4. The Kier molecular flexibility index (Phi) is 7.13. The van der Waals surface area contributed by atoms with Crippen molar-refractivity contribution >= 4 is 34.7 Å². The Labute approximate surface area is 201 Å². The van der Waals surface area contributed by atoms with Crippen LogP contribution in [0.1, 0.15) is 29.7 Å². The molecule has 0 aromatic heterocycles. The quantitative estimate of drug-likeness (QED) is 0.286. The van der Waals surface area contributed by atoms with E-state index in [2.05, 4.69) is 4.90 Å². The second-order valence-corrected chi connectivity index (χ2v) is 8.64. The van der Waals surface area contributed by atoms with Gasteiger partial charge in [0.15, 0.2) is 0 Å². The minimum absolute atomic E-state index is 0.115. The SMILES string of the molecule is CCOC(=O)C(=C1CN(C(c2ccc(Cl)cc2)c2ccc(Cl)cc2)C1)c1cc(F)cc(F)c1.